The summed E-state index contributed by atoms with van der Waals surface area (Å²) in [5.74, 6) is -2.14. The van der Waals surface area contributed by atoms with Crippen LogP contribution in [-0.4, -0.2) is 16.1 Å². The highest BCUT2D eigenvalue weighted by Crippen LogP contribution is 2.18. The van der Waals surface area contributed by atoms with Crippen molar-refractivity contribution in [3.63, 3.8) is 0 Å². The Morgan fingerprint density at radius 3 is 2.46 bits per heavy atom. The molecule has 0 aliphatic rings. The summed E-state index contributed by atoms with van der Waals surface area (Å²) < 4.78 is 42.2. The van der Waals surface area contributed by atoms with Crippen molar-refractivity contribution in [1.82, 2.24) is 9.55 Å². The number of hydrogen-bond donors (Lipinski definition) is 1. The first kappa shape index (κ1) is 16.2. The Labute approximate surface area is 135 Å². The Morgan fingerprint density at radius 2 is 1.79 bits per heavy atom. The first-order valence-electron chi connectivity index (χ1n) is 7.38. The van der Waals surface area contributed by atoms with Gasteiger partial charge in [-0.25, -0.2) is 18.2 Å². The topological polar surface area (TPSA) is 60.9 Å². The molecule has 124 valence electrons. The van der Waals surface area contributed by atoms with Gasteiger partial charge in [-0.05, 0) is 37.2 Å². The summed E-state index contributed by atoms with van der Waals surface area (Å²) in [5, 5.41) is -0.223. The highest BCUT2D eigenvalue weighted by Gasteiger charge is 2.16. The van der Waals surface area contributed by atoms with Gasteiger partial charge in [0.05, 0.1) is 11.2 Å². The number of halogens is 3. The number of nitrogens with two attached hydrogens (primary N) is 1. The molecule has 0 saturated heterocycles. The molecule has 1 aromatic heterocycles. The van der Waals surface area contributed by atoms with Gasteiger partial charge < -0.3 is 5.73 Å². The fourth-order valence-electron chi connectivity index (χ4n) is 2.60. The van der Waals surface area contributed by atoms with E-state index in [9.17, 15) is 18.0 Å². The van der Waals surface area contributed by atoms with Gasteiger partial charge in [-0.2, -0.15) is 0 Å². The summed E-state index contributed by atoms with van der Waals surface area (Å²) in [5.41, 5.74) is 4.94. The molecule has 0 atom stereocenters. The van der Waals surface area contributed by atoms with Gasteiger partial charge in [-0.3, -0.25) is 9.36 Å². The van der Waals surface area contributed by atoms with Crippen molar-refractivity contribution < 1.29 is 13.2 Å². The van der Waals surface area contributed by atoms with Crippen molar-refractivity contribution in [3.05, 3.63) is 70.0 Å². The molecule has 2 N–H and O–H groups in total. The number of aromatic nitrogens is 2. The van der Waals surface area contributed by atoms with Crippen LogP contribution < -0.4 is 11.3 Å². The van der Waals surface area contributed by atoms with Crippen molar-refractivity contribution in [2.24, 2.45) is 5.73 Å². The molecule has 0 fully saturated rings. The van der Waals surface area contributed by atoms with Crippen molar-refractivity contribution in [2.45, 2.75) is 12.8 Å². The standard InChI is InChI=1S/C17H14F3N3O/c18-10-7-11(19)9-12(8-10)23-15(5-2-6-21)22-14-4-1-3-13(20)16(14)17(23)24/h1,3-4,7-9H,2,5-6,21H2. The van der Waals surface area contributed by atoms with E-state index in [4.69, 9.17) is 5.73 Å². The summed E-state index contributed by atoms with van der Waals surface area (Å²) >= 11 is 0. The summed E-state index contributed by atoms with van der Waals surface area (Å²) in [4.78, 5) is 17.1. The molecule has 4 nitrogen and oxygen atoms in total. The minimum atomic E-state index is -0.838. The maximum Gasteiger partial charge on any atom is 0.268 e. The lowest BCUT2D eigenvalue weighted by molar-refractivity contribution is 0.580. The van der Waals surface area contributed by atoms with Crippen LogP contribution in [0, 0.1) is 17.5 Å². The molecule has 0 bridgehead atoms. The molecule has 24 heavy (non-hydrogen) atoms. The second-order valence-electron chi connectivity index (χ2n) is 5.32. The summed E-state index contributed by atoms with van der Waals surface area (Å²) in [7, 11) is 0. The van der Waals surface area contributed by atoms with E-state index >= 15 is 0 Å². The predicted octanol–water partition coefficient (Wildman–Crippen LogP) is 2.69. The Kier molecular flexibility index (Phi) is 4.35. The third-order valence-electron chi connectivity index (χ3n) is 3.63. The quantitative estimate of drug-likeness (QED) is 0.798. The molecule has 7 heteroatoms. The first-order chi connectivity index (χ1) is 11.5. The zero-order chi connectivity index (χ0) is 17.3. The highest BCUT2D eigenvalue weighted by molar-refractivity contribution is 5.78. The molecule has 0 aliphatic carbocycles. The van der Waals surface area contributed by atoms with E-state index in [1.165, 1.54) is 12.1 Å². The van der Waals surface area contributed by atoms with Crippen molar-refractivity contribution >= 4 is 10.9 Å². The third-order valence-corrected chi connectivity index (χ3v) is 3.63. The van der Waals surface area contributed by atoms with E-state index in [0.29, 0.717) is 25.5 Å². The van der Waals surface area contributed by atoms with Gasteiger partial charge in [0.25, 0.3) is 5.56 Å². The van der Waals surface area contributed by atoms with Gasteiger partial charge in [-0.15, -0.1) is 0 Å². The minimum absolute atomic E-state index is 0.0397. The minimum Gasteiger partial charge on any atom is -0.330 e. The van der Waals surface area contributed by atoms with Gasteiger partial charge in [0.1, 0.15) is 28.7 Å². The molecule has 3 aromatic rings. The van der Waals surface area contributed by atoms with E-state index in [1.54, 1.807) is 0 Å². The number of fused-ring (bicyclic) bond motifs is 1. The SMILES string of the molecule is NCCCc1nc2cccc(F)c2c(=O)n1-c1cc(F)cc(F)c1. The number of hydrogen-bond acceptors (Lipinski definition) is 3. The average Bonchev–Trinajstić information content (AvgIpc) is 2.51. The number of aryl methyl sites for hydroxylation is 1. The maximum atomic E-state index is 14.1. The fourth-order valence-corrected chi connectivity index (χ4v) is 2.60. The summed E-state index contributed by atoms with van der Waals surface area (Å²) in [6.45, 7) is 0.356. The van der Waals surface area contributed by atoms with Crippen LogP contribution in [0.3, 0.4) is 0 Å². The highest BCUT2D eigenvalue weighted by atomic mass is 19.1. The van der Waals surface area contributed by atoms with Crippen molar-refractivity contribution in [1.29, 1.82) is 0 Å². The Bertz CT molecular complexity index is 949. The lowest BCUT2D eigenvalue weighted by Crippen LogP contribution is -2.25. The van der Waals surface area contributed by atoms with Crippen LogP contribution in [0.4, 0.5) is 13.2 Å². The molecule has 0 saturated carbocycles. The molecule has 1 heterocycles. The van der Waals surface area contributed by atoms with Gasteiger partial charge in [-0.1, -0.05) is 6.07 Å². The van der Waals surface area contributed by atoms with Crippen LogP contribution in [-0.2, 0) is 6.42 Å². The second kappa shape index (κ2) is 6.45. The molecule has 0 radical (unpaired) electrons. The van der Waals surface area contributed by atoms with Crippen LogP contribution >= 0.6 is 0 Å². The first-order valence-corrected chi connectivity index (χ1v) is 7.38. The van der Waals surface area contributed by atoms with Crippen molar-refractivity contribution in [2.75, 3.05) is 6.54 Å². The molecule has 2 aromatic carbocycles. The van der Waals surface area contributed by atoms with Crippen LogP contribution in [0.5, 0.6) is 0 Å². The van der Waals surface area contributed by atoms with E-state index < -0.39 is 23.0 Å². The van der Waals surface area contributed by atoms with Gasteiger partial charge >= 0.3 is 0 Å². The Hall–Kier alpha value is -2.67. The van der Waals surface area contributed by atoms with E-state index in [1.807, 2.05) is 0 Å². The molecule has 0 spiro atoms. The summed E-state index contributed by atoms with van der Waals surface area (Å²) in [6, 6.07) is 6.81. The zero-order valence-electron chi connectivity index (χ0n) is 12.6. The van der Waals surface area contributed by atoms with Crippen LogP contribution in [0.2, 0.25) is 0 Å². The number of nitrogens with zero attached hydrogens (tertiary/aromatic N) is 2. The molecule has 0 amide bonds. The lowest BCUT2D eigenvalue weighted by atomic mass is 10.2. The van der Waals surface area contributed by atoms with Crippen LogP contribution in [0.15, 0.2) is 41.2 Å². The summed E-state index contributed by atoms with van der Waals surface area (Å²) in [6.07, 6.45) is 0.835. The second-order valence-corrected chi connectivity index (χ2v) is 5.32. The van der Waals surface area contributed by atoms with Gasteiger partial charge in [0.15, 0.2) is 0 Å². The third kappa shape index (κ3) is 2.90. The molecule has 0 aliphatic heterocycles. The number of benzene rings is 2. The fraction of sp³-hybridized carbons (Fsp3) is 0.176. The molecular formula is C17H14F3N3O. The van der Waals surface area contributed by atoms with Gasteiger partial charge in [0.2, 0.25) is 0 Å². The van der Waals surface area contributed by atoms with Crippen LogP contribution in [0.1, 0.15) is 12.2 Å². The maximum absolute atomic E-state index is 14.1. The molecular weight excluding hydrogens is 319 g/mol. The predicted molar refractivity (Wildman–Crippen MR) is 84.6 cm³/mol. The Morgan fingerprint density at radius 1 is 1.08 bits per heavy atom. The molecule has 0 unspecified atom stereocenters. The van der Waals surface area contributed by atoms with Gasteiger partial charge in [0, 0.05) is 12.5 Å². The average molecular weight is 333 g/mol. The monoisotopic (exact) mass is 333 g/mol. The zero-order valence-corrected chi connectivity index (χ0v) is 12.6. The smallest absolute Gasteiger partial charge is 0.268 e. The van der Waals surface area contributed by atoms with Crippen LogP contribution in [0.25, 0.3) is 16.6 Å². The van der Waals surface area contributed by atoms with E-state index in [2.05, 4.69) is 4.98 Å². The normalized spacial score (nSPS) is 11.2. The van der Waals surface area contributed by atoms with Crippen molar-refractivity contribution in [3.8, 4) is 5.69 Å². The van der Waals surface area contributed by atoms with E-state index in [-0.39, 0.29) is 22.4 Å². The lowest BCUT2D eigenvalue weighted by Gasteiger charge is -2.14. The molecule has 3 rings (SSSR count). The van der Waals surface area contributed by atoms with E-state index in [0.717, 1.165) is 22.8 Å². The number of rotatable bonds is 4. The Balaban J connectivity index is 2.36. The largest absolute Gasteiger partial charge is 0.330 e.